The first kappa shape index (κ1) is 26.7. The van der Waals surface area contributed by atoms with E-state index in [0.29, 0.717) is 24.5 Å². The van der Waals surface area contributed by atoms with Gasteiger partial charge in [0.1, 0.15) is 12.4 Å². The van der Waals surface area contributed by atoms with Gasteiger partial charge in [0.05, 0.1) is 31.7 Å². The van der Waals surface area contributed by atoms with Crippen LogP contribution in [0.2, 0.25) is 0 Å². The number of carbonyl (C=O) groups is 2. The molecule has 198 valence electrons. The molecule has 8 heteroatoms. The zero-order chi connectivity index (χ0) is 27.1. The Morgan fingerprint density at radius 1 is 0.947 bits per heavy atom. The van der Waals surface area contributed by atoms with E-state index in [2.05, 4.69) is 5.32 Å². The van der Waals surface area contributed by atoms with Crippen molar-refractivity contribution in [2.45, 2.75) is 39.3 Å². The number of nitrogens with one attached hydrogen (secondary N) is 1. The molecule has 0 aliphatic rings. The maximum atomic E-state index is 13.5. The number of methoxy groups -OCH3 is 2. The van der Waals surface area contributed by atoms with Crippen LogP contribution in [-0.2, 0) is 29.0 Å². The van der Waals surface area contributed by atoms with E-state index in [1.807, 2.05) is 84.0 Å². The van der Waals surface area contributed by atoms with Gasteiger partial charge >= 0.3 is 0 Å². The van der Waals surface area contributed by atoms with Gasteiger partial charge in [-0.05, 0) is 55.8 Å². The molecule has 0 aliphatic heterocycles. The molecule has 3 aromatic carbocycles. The second kappa shape index (κ2) is 12.3. The smallest absolute Gasteiger partial charge is 0.247 e. The molecule has 1 N–H and O–H groups in total. The molecule has 0 unspecified atom stereocenters. The molecular weight excluding hydrogens is 480 g/mol. The molecule has 1 heterocycles. The van der Waals surface area contributed by atoms with Crippen LogP contribution < -0.4 is 19.7 Å². The Hall–Kier alpha value is -4.33. The van der Waals surface area contributed by atoms with Gasteiger partial charge in [0, 0.05) is 24.7 Å². The molecule has 0 saturated heterocycles. The standard InChI is InChI=1S/C30H34N4O4/c1-21(2)34(23-10-6-5-7-11-23)30(36)20-33-25-13-9-8-12-24(25)32-28(33)16-17-31-29(35)19-22-14-15-26(37-3)27(18-22)38-4/h5-15,18,21H,16-17,19-20H2,1-4H3,(H,31,35). The number of hydrogen-bond donors (Lipinski definition) is 1. The average Bonchev–Trinajstić information content (AvgIpc) is 3.26. The summed E-state index contributed by atoms with van der Waals surface area (Å²) in [5.74, 6) is 1.83. The summed E-state index contributed by atoms with van der Waals surface area (Å²) in [6.45, 7) is 4.57. The maximum Gasteiger partial charge on any atom is 0.247 e. The molecule has 8 nitrogen and oxygen atoms in total. The number of amides is 2. The Labute approximate surface area is 223 Å². The predicted molar refractivity (Wildman–Crippen MR) is 149 cm³/mol. The third-order valence-corrected chi connectivity index (χ3v) is 6.33. The lowest BCUT2D eigenvalue weighted by Gasteiger charge is -2.27. The number of ether oxygens (including phenoxy) is 2. The topological polar surface area (TPSA) is 85.7 Å². The first-order valence-corrected chi connectivity index (χ1v) is 12.7. The molecule has 1 aromatic heterocycles. The fourth-order valence-corrected chi connectivity index (χ4v) is 4.58. The van der Waals surface area contributed by atoms with E-state index in [-0.39, 0.29) is 30.8 Å². The van der Waals surface area contributed by atoms with Crippen LogP contribution in [0.25, 0.3) is 11.0 Å². The van der Waals surface area contributed by atoms with E-state index in [4.69, 9.17) is 14.5 Å². The monoisotopic (exact) mass is 514 g/mol. The van der Waals surface area contributed by atoms with Crippen LogP contribution in [0.1, 0.15) is 25.2 Å². The minimum atomic E-state index is -0.106. The van der Waals surface area contributed by atoms with Crippen molar-refractivity contribution < 1.29 is 19.1 Å². The van der Waals surface area contributed by atoms with Crippen molar-refractivity contribution in [3.63, 3.8) is 0 Å². The van der Waals surface area contributed by atoms with Crippen molar-refractivity contribution in [3.8, 4) is 11.5 Å². The second-order valence-electron chi connectivity index (χ2n) is 9.26. The summed E-state index contributed by atoms with van der Waals surface area (Å²) in [7, 11) is 3.14. The normalized spacial score (nSPS) is 11.0. The van der Waals surface area contributed by atoms with Crippen LogP contribution in [0.15, 0.2) is 72.8 Å². The Bertz CT molecular complexity index is 1400. The molecule has 0 saturated carbocycles. The van der Waals surface area contributed by atoms with Gasteiger partial charge < -0.3 is 24.3 Å². The summed E-state index contributed by atoms with van der Waals surface area (Å²) in [6.07, 6.45) is 0.711. The number of carbonyl (C=O) groups excluding carboxylic acids is 2. The van der Waals surface area contributed by atoms with E-state index in [1.54, 1.807) is 26.4 Å². The van der Waals surface area contributed by atoms with Crippen LogP contribution >= 0.6 is 0 Å². The molecular formula is C30H34N4O4. The molecule has 4 rings (SSSR count). The third kappa shape index (κ3) is 6.14. The van der Waals surface area contributed by atoms with Crippen LogP contribution in [0.5, 0.6) is 11.5 Å². The van der Waals surface area contributed by atoms with E-state index < -0.39 is 0 Å². The first-order chi connectivity index (χ1) is 18.4. The summed E-state index contributed by atoms with van der Waals surface area (Å²) in [6, 6.07) is 22.9. The van der Waals surface area contributed by atoms with Crippen LogP contribution in [-0.4, -0.2) is 48.2 Å². The van der Waals surface area contributed by atoms with Gasteiger partial charge in [-0.25, -0.2) is 4.98 Å². The number of hydrogen-bond acceptors (Lipinski definition) is 5. The Morgan fingerprint density at radius 2 is 1.66 bits per heavy atom. The summed E-state index contributed by atoms with van der Waals surface area (Å²) < 4.78 is 12.6. The zero-order valence-corrected chi connectivity index (χ0v) is 22.3. The van der Waals surface area contributed by atoms with Gasteiger partial charge in [-0.3, -0.25) is 9.59 Å². The molecule has 4 aromatic rings. The van der Waals surface area contributed by atoms with Gasteiger partial charge in [0.15, 0.2) is 11.5 Å². The number of anilines is 1. The van der Waals surface area contributed by atoms with Gasteiger partial charge in [-0.15, -0.1) is 0 Å². The summed E-state index contributed by atoms with van der Waals surface area (Å²) in [5.41, 5.74) is 3.40. The molecule has 0 radical (unpaired) electrons. The van der Waals surface area contributed by atoms with E-state index >= 15 is 0 Å². The third-order valence-electron chi connectivity index (χ3n) is 6.33. The second-order valence-corrected chi connectivity index (χ2v) is 9.26. The van der Waals surface area contributed by atoms with E-state index in [0.717, 1.165) is 28.1 Å². The lowest BCUT2D eigenvalue weighted by atomic mass is 10.1. The SMILES string of the molecule is COc1ccc(CC(=O)NCCc2nc3ccccc3n2CC(=O)N(c2ccccc2)C(C)C)cc1OC. The largest absolute Gasteiger partial charge is 0.493 e. The fraction of sp³-hybridized carbons (Fsp3) is 0.300. The Balaban J connectivity index is 1.46. The summed E-state index contributed by atoms with van der Waals surface area (Å²) in [4.78, 5) is 32.7. The van der Waals surface area contributed by atoms with Crippen molar-refractivity contribution in [1.82, 2.24) is 14.9 Å². The Kier molecular flexibility index (Phi) is 8.63. The highest BCUT2D eigenvalue weighted by atomic mass is 16.5. The molecule has 0 atom stereocenters. The molecule has 38 heavy (non-hydrogen) atoms. The van der Waals surface area contributed by atoms with Crippen molar-refractivity contribution in [1.29, 1.82) is 0 Å². The minimum Gasteiger partial charge on any atom is -0.493 e. The number of imidazole rings is 1. The number of fused-ring (bicyclic) bond motifs is 1. The lowest BCUT2D eigenvalue weighted by Crippen LogP contribution is -2.39. The first-order valence-electron chi connectivity index (χ1n) is 12.7. The van der Waals surface area contributed by atoms with Crippen LogP contribution in [0, 0.1) is 0 Å². The molecule has 2 amide bonds. The number of para-hydroxylation sites is 3. The van der Waals surface area contributed by atoms with E-state index in [9.17, 15) is 9.59 Å². The summed E-state index contributed by atoms with van der Waals surface area (Å²) >= 11 is 0. The van der Waals surface area contributed by atoms with Crippen molar-refractivity contribution in [2.24, 2.45) is 0 Å². The zero-order valence-electron chi connectivity index (χ0n) is 22.3. The fourth-order valence-electron chi connectivity index (χ4n) is 4.58. The Morgan fingerprint density at radius 3 is 2.37 bits per heavy atom. The predicted octanol–water partition coefficient (Wildman–Crippen LogP) is 4.40. The van der Waals surface area contributed by atoms with Gasteiger partial charge in [0.25, 0.3) is 0 Å². The maximum absolute atomic E-state index is 13.5. The molecule has 0 fully saturated rings. The number of nitrogens with zero attached hydrogens (tertiary/aromatic N) is 3. The number of aromatic nitrogens is 2. The van der Waals surface area contributed by atoms with E-state index in [1.165, 1.54) is 0 Å². The minimum absolute atomic E-state index is 0.000924. The van der Waals surface area contributed by atoms with Crippen molar-refractivity contribution in [2.75, 3.05) is 25.7 Å². The molecule has 0 spiro atoms. The molecule has 0 bridgehead atoms. The number of benzene rings is 3. The van der Waals surface area contributed by atoms with Crippen molar-refractivity contribution >= 4 is 28.5 Å². The van der Waals surface area contributed by atoms with Crippen LogP contribution in [0.4, 0.5) is 5.69 Å². The lowest BCUT2D eigenvalue weighted by molar-refractivity contribution is -0.121. The number of rotatable bonds is 11. The van der Waals surface area contributed by atoms with Crippen molar-refractivity contribution in [3.05, 3.63) is 84.2 Å². The highest BCUT2D eigenvalue weighted by molar-refractivity contribution is 5.94. The highest BCUT2D eigenvalue weighted by Gasteiger charge is 2.22. The highest BCUT2D eigenvalue weighted by Crippen LogP contribution is 2.27. The average molecular weight is 515 g/mol. The van der Waals surface area contributed by atoms with Gasteiger partial charge in [0.2, 0.25) is 11.8 Å². The van der Waals surface area contributed by atoms with Gasteiger partial charge in [-0.2, -0.15) is 0 Å². The molecule has 0 aliphatic carbocycles. The van der Waals surface area contributed by atoms with Crippen LogP contribution in [0.3, 0.4) is 0 Å². The summed E-state index contributed by atoms with van der Waals surface area (Å²) in [5, 5.41) is 2.98. The van der Waals surface area contributed by atoms with Gasteiger partial charge in [-0.1, -0.05) is 36.4 Å². The quantitative estimate of drug-likeness (QED) is 0.321.